The lowest BCUT2D eigenvalue weighted by atomic mass is 9.95. The van der Waals surface area contributed by atoms with Crippen LogP contribution in [-0.4, -0.2) is 24.0 Å². The molecule has 1 saturated carbocycles. The Balaban J connectivity index is 1.64. The summed E-state index contributed by atoms with van der Waals surface area (Å²) in [4.78, 5) is 2.56. The molecule has 1 aromatic carbocycles. The summed E-state index contributed by atoms with van der Waals surface area (Å²) in [5.41, 5.74) is 7.21. The van der Waals surface area contributed by atoms with E-state index in [2.05, 4.69) is 4.90 Å². The number of benzene rings is 1. The number of nitrogens with two attached hydrogens (primary N) is 1. The van der Waals surface area contributed by atoms with Crippen molar-refractivity contribution in [3.63, 3.8) is 0 Å². The molecular formula is C17H25FN2. The zero-order valence-corrected chi connectivity index (χ0v) is 12.1. The molecule has 1 heterocycles. The highest BCUT2D eigenvalue weighted by molar-refractivity contribution is 5.20. The number of likely N-dealkylation sites (tertiary alicyclic amines) is 1. The molecule has 2 unspecified atom stereocenters. The second-order valence-electron chi connectivity index (χ2n) is 6.41. The van der Waals surface area contributed by atoms with Crippen LogP contribution >= 0.6 is 0 Å². The fraction of sp³-hybridized carbons (Fsp3) is 0.647. The zero-order chi connectivity index (χ0) is 13.9. The van der Waals surface area contributed by atoms with Crippen molar-refractivity contribution in [2.45, 2.75) is 50.6 Å². The molecule has 0 spiro atoms. The van der Waals surface area contributed by atoms with Crippen LogP contribution in [0.1, 0.15) is 50.1 Å². The minimum absolute atomic E-state index is 0.0762. The number of halogens is 1. The quantitative estimate of drug-likeness (QED) is 0.912. The second-order valence-corrected chi connectivity index (χ2v) is 6.41. The van der Waals surface area contributed by atoms with Crippen LogP contribution in [-0.2, 0) is 0 Å². The topological polar surface area (TPSA) is 29.3 Å². The van der Waals surface area contributed by atoms with Gasteiger partial charge < -0.3 is 5.73 Å². The summed E-state index contributed by atoms with van der Waals surface area (Å²) in [7, 11) is 0. The maximum absolute atomic E-state index is 13.3. The van der Waals surface area contributed by atoms with E-state index >= 15 is 0 Å². The molecule has 0 bridgehead atoms. The van der Waals surface area contributed by atoms with Crippen molar-refractivity contribution in [1.29, 1.82) is 0 Å². The largest absolute Gasteiger partial charge is 0.323 e. The van der Waals surface area contributed by atoms with Crippen molar-refractivity contribution in [3.05, 3.63) is 35.6 Å². The lowest BCUT2D eigenvalue weighted by Gasteiger charge is -2.31. The predicted octanol–water partition coefficient (Wildman–Crippen LogP) is 3.48. The highest BCUT2D eigenvalue weighted by Gasteiger charge is 2.33. The van der Waals surface area contributed by atoms with Gasteiger partial charge in [0, 0.05) is 18.6 Å². The molecule has 110 valence electrons. The van der Waals surface area contributed by atoms with E-state index in [1.54, 1.807) is 12.1 Å². The molecule has 2 nitrogen and oxygen atoms in total. The van der Waals surface area contributed by atoms with Crippen LogP contribution in [0, 0.1) is 11.7 Å². The van der Waals surface area contributed by atoms with Gasteiger partial charge in [-0.3, -0.25) is 4.90 Å². The van der Waals surface area contributed by atoms with Gasteiger partial charge in [-0.05, 0) is 55.8 Å². The molecule has 2 fully saturated rings. The fourth-order valence-electron chi connectivity index (χ4n) is 4.05. The first kappa shape index (κ1) is 14.0. The Morgan fingerprint density at radius 3 is 2.75 bits per heavy atom. The normalized spacial score (nSPS) is 26.2. The Morgan fingerprint density at radius 2 is 2.00 bits per heavy atom. The molecule has 0 aromatic heterocycles. The van der Waals surface area contributed by atoms with E-state index in [9.17, 15) is 4.39 Å². The van der Waals surface area contributed by atoms with E-state index in [0.29, 0.717) is 0 Å². The molecule has 0 radical (unpaired) electrons. The molecule has 1 aliphatic carbocycles. The molecule has 20 heavy (non-hydrogen) atoms. The van der Waals surface area contributed by atoms with Gasteiger partial charge in [-0.25, -0.2) is 4.39 Å². The van der Waals surface area contributed by atoms with Gasteiger partial charge in [0.2, 0.25) is 0 Å². The molecule has 2 N–H and O–H groups in total. The zero-order valence-electron chi connectivity index (χ0n) is 12.1. The molecule has 3 heteroatoms. The standard InChI is InChI=1S/C17H25FN2/c18-15-8-3-7-14(11-15)16(19)12-20-10-4-9-17(20)13-5-1-2-6-13/h3,7-8,11,13,16-17H,1-2,4-6,9-10,12,19H2. The summed E-state index contributed by atoms with van der Waals surface area (Å²) in [6.45, 7) is 2.02. The van der Waals surface area contributed by atoms with Crippen molar-refractivity contribution >= 4 is 0 Å². The first-order valence-electron chi connectivity index (χ1n) is 7.99. The van der Waals surface area contributed by atoms with Gasteiger partial charge in [-0.2, -0.15) is 0 Å². The summed E-state index contributed by atoms with van der Waals surface area (Å²) in [5.74, 6) is 0.684. The lowest BCUT2D eigenvalue weighted by molar-refractivity contribution is 0.181. The highest BCUT2D eigenvalue weighted by atomic mass is 19.1. The first-order chi connectivity index (χ1) is 9.74. The third kappa shape index (κ3) is 3.04. The fourth-order valence-corrected chi connectivity index (χ4v) is 4.05. The van der Waals surface area contributed by atoms with E-state index in [1.165, 1.54) is 44.6 Å². The second kappa shape index (κ2) is 6.23. The van der Waals surface area contributed by atoms with E-state index in [4.69, 9.17) is 5.73 Å². The third-order valence-electron chi connectivity index (χ3n) is 5.07. The Hall–Kier alpha value is -0.930. The van der Waals surface area contributed by atoms with E-state index in [-0.39, 0.29) is 11.9 Å². The summed E-state index contributed by atoms with van der Waals surface area (Å²) >= 11 is 0. The van der Waals surface area contributed by atoms with Crippen molar-refractivity contribution in [1.82, 2.24) is 4.90 Å². The molecule has 1 aliphatic heterocycles. The smallest absolute Gasteiger partial charge is 0.123 e. The van der Waals surface area contributed by atoms with Gasteiger partial charge in [0.25, 0.3) is 0 Å². The van der Waals surface area contributed by atoms with Crippen molar-refractivity contribution < 1.29 is 4.39 Å². The van der Waals surface area contributed by atoms with Crippen molar-refractivity contribution in [2.24, 2.45) is 11.7 Å². The molecule has 2 aliphatic rings. The van der Waals surface area contributed by atoms with Crippen LogP contribution in [0.3, 0.4) is 0 Å². The van der Waals surface area contributed by atoms with Crippen LogP contribution in [0.4, 0.5) is 4.39 Å². The molecule has 3 rings (SSSR count). The minimum Gasteiger partial charge on any atom is -0.323 e. The van der Waals surface area contributed by atoms with Gasteiger partial charge in [-0.1, -0.05) is 25.0 Å². The minimum atomic E-state index is -0.188. The average Bonchev–Trinajstić information content (AvgIpc) is 3.08. The van der Waals surface area contributed by atoms with Crippen molar-refractivity contribution in [2.75, 3.05) is 13.1 Å². The third-order valence-corrected chi connectivity index (χ3v) is 5.07. The van der Waals surface area contributed by atoms with Gasteiger partial charge in [0.05, 0.1) is 0 Å². The summed E-state index contributed by atoms with van der Waals surface area (Å²) < 4.78 is 13.3. The first-order valence-corrected chi connectivity index (χ1v) is 7.99. The molecule has 1 aromatic rings. The Bertz CT molecular complexity index is 442. The van der Waals surface area contributed by atoms with Crippen LogP contribution in [0.2, 0.25) is 0 Å². The van der Waals surface area contributed by atoms with E-state index in [0.717, 1.165) is 30.6 Å². The van der Waals surface area contributed by atoms with Crippen LogP contribution in [0.5, 0.6) is 0 Å². The maximum atomic E-state index is 13.3. The lowest BCUT2D eigenvalue weighted by Crippen LogP contribution is -2.39. The summed E-state index contributed by atoms with van der Waals surface area (Å²) in [6.07, 6.45) is 8.17. The van der Waals surface area contributed by atoms with Gasteiger partial charge >= 0.3 is 0 Å². The predicted molar refractivity (Wildman–Crippen MR) is 79.9 cm³/mol. The number of hydrogen-bond acceptors (Lipinski definition) is 2. The van der Waals surface area contributed by atoms with Gasteiger partial charge in [0.1, 0.15) is 5.82 Å². The van der Waals surface area contributed by atoms with E-state index < -0.39 is 0 Å². The summed E-state index contributed by atoms with van der Waals surface area (Å²) in [5, 5.41) is 0. The van der Waals surface area contributed by atoms with Crippen LogP contribution < -0.4 is 5.73 Å². The number of rotatable bonds is 4. The Labute approximate surface area is 121 Å². The molecule has 2 atom stereocenters. The number of nitrogens with zero attached hydrogens (tertiary/aromatic N) is 1. The molecule has 0 amide bonds. The highest BCUT2D eigenvalue weighted by Crippen LogP contribution is 2.35. The molecular weight excluding hydrogens is 251 g/mol. The van der Waals surface area contributed by atoms with Gasteiger partial charge in [0.15, 0.2) is 0 Å². The maximum Gasteiger partial charge on any atom is 0.123 e. The number of hydrogen-bond donors (Lipinski definition) is 1. The van der Waals surface area contributed by atoms with Crippen LogP contribution in [0.15, 0.2) is 24.3 Å². The van der Waals surface area contributed by atoms with Crippen molar-refractivity contribution in [3.8, 4) is 0 Å². The monoisotopic (exact) mass is 276 g/mol. The molecule has 1 saturated heterocycles. The average molecular weight is 276 g/mol. The van der Waals surface area contributed by atoms with E-state index in [1.807, 2.05) is 6.07 Å². The van der Waals surface area contributed by atoms with Crippen LogP contribution in [0.25, 0.3) is 0 Å². The Kier molecular flexibility index (Phi) is 4.37. The summed E-state index contributed by atoms with van der Waals surface area (Å²) in [6, 6.07) is 7.39. The van der Waals surface area contributed by atoms with Gasteiger partial charge in [-0.15, -0.1) is 0 Å². The Morgan fingerprint density at radius 1 is 1.20 bits per heavy atom. The SMILES string of the molecule is NC(CN1CCCC1C1CCCC1)c1cccc(F)c1.